The Morgan fingerprint density at radius 2 is 1.04 bits per heavy atom. The van der Waals surface area contributed by atoms with Crippen LogP contribution in [0, 0.1) is 0 Å². The van der Waals surface area contributed by atoms with Gasteiger partial charge < -0.3 is 5.73 Å². The van der Waals surface area contributed by atoms with Gasteiger partial charge in [0.15, 0.2) is 0 Å². The number of fused-ring (bicyclic) bond motifs is 3. The molecule has 3 aromatic rings. The van der Waals surface area contributed by atoms with E-state index in [1.54, 1.807) is 0 Å². The Bertz CT molecular complexity index is 940. The SMILES string of the molecule is Nc1ccccc/c1=N\N=C1c2ccccc2-c2ccccc21. The van der Waals surface area contributed by atoms with Crippen LogP contribution in [0.4, 0.5) is 5.69 Å². The van der Waals surface area contributed by atoms with Gasteiger partial charge in [-0.2, -0.15) is 0 Å². The maximum absolute atomic E-state index is 6.01. The van der Waals surface area contributed by atoms with Gasteiger partial charge in [0.2, 0.25) is 0 Å². The number of anilines is 1. The van der Waals surface area contributed by atoms with Crippen LogP contribution in [0.25, 0.3) is 11.1 Å². The average molecular weight is 297 g/mol. The number of hydrogen-bond donors (Lipinski definition) is 1. The van der Waals surface area contributed by atoms with Crippen LogP contribution < -0.4 is 11.1 Å². The van der Waals surface area contributed by atoms with E-state index in [-0.39, 0.29) is 0 Å². The highest BCUT2D eigenvalue weighted by atomic mass is 15.2. The smallest absolute Gasteiger partial charge is 0.109 e. The van der Waals surface area contributed by atoms with Crippen molar-refractivity contribution in [1.82, 2.24) is 0 Å². The normalized spacial score (nSPS) is 12.7. The lowest BCUT2D eigenvalue weighted by atomic mass is 10.1. The second-order valence-electron chi connectivity index (χ2n) is 5.39. The fourth-order valence-corrected chi connectivity index (χ4v) is 2.85. The molecule has 3 aromatic carbocycles. The Labute approximate surface area is 134 Å². The van der Waals surface area contributed by atoms with Crippen molar-refractivity contribution in [3.63, 3.8) is 0 Å². The third kappa shape index (κ3) is 2.32. The Kier molecular flexibility index (Phi) is 3.24. The first-order chi connectivity index (χ1) is 11.3. The van der Waals surface area contributed by atoms with Gasteiger partial charge in [0.25, 0.3) is 0 Å². The molecule has 0 spiro atoms. The first kappa shape index (κ1) is 13.5. The van der Waals surface area contributed by atoms with Crippen molar-refractivity contribution in [1.29, 1.82) is 0 Å². The molecule has 0 radical (unpaired) electrons. The van der Waals surface area contributed by atoms with Gasteiger partial charge in [-0.3, -0.25) is 0 Å². The van der Waals surface area contributed by atoms with Crippen LogP contribution in [-0.2, 0) is 0 Å². The van der Waals surface area contributed by atoms with Gasteiger partial charge in [0.1, 0.15) is 11.1 Å². The molecular formula is C20H15N3. The van der Waals surface area contributed by atoms with Gasteiger partial charge >= 0.3 is 0 Å². The molecule has 0 saturated heterocycles. The Morgan fingerprint density at radius 1 is 0.522 bits per heavy atom. The number of nitrogen functional groups attached to an aromatic ring is 1. The van der Waals surface area contributed by atoms with Gasteiger partial charge in [0.05, 0.1) is 5.69 Å². The summed E-state index contributed by atoms with van der Waals surface area (Å²) >= 11 is 0. The first-order valence-corrected chi connectivity index (χ1v) is 7.50. The summed E-state index contributed by atoms with van der Waals surface area (Å²) in [5.74, 6) is 0. The van der Waals surface area contributed by atoms with Crippen LogP contribution in [0.5, 0.6) is 0 Å². The first-order valence-electron chi connectivity index (χ1n) is 7.50. The van der Waals surface area contributed by atoms with Crippen molar-refractivity contribution in [2.45, 2.75) is 0 Å². The van der Waals surface area contributed by atoms with Crippen LogP contribution in [0.15, 0.2) is 89.1 Å². The van der Waals surface area contributed by atoms with E-state index in [4.69, 9.17) is 5.73 Å². The summed E-state index contributed by atoms with van der Waals surface area (Å²) < 4.78 is 0. The predicted molar refractivity (Wildman–Crippen MR) is 93.9 cm³/mol. The Morgan fingerprint density at radius 3 is 1.70 bits per heavy atom. The summed E-state index contributed by atoms with van der Waals surface area (Å²) in [4.78, 5) is 0. The molecule has 0 saturated carbocycles. The second kappa shape index (κ2) is 5.54. The van der Waals surface area contributed by atoms with E-state index in [1.165, 1.54) is 11.1 Å². The molecule has 0 amide bonds. The monoisotopic (exact) mass is 297 g/mol. The van der Waals surface area contributed by atoms with E-state index >= 15 is 0 Å². The summed E-state index contributed by atoms with van der Waals surface area (Å²) in [6.07, 6.45) is 0. The molecule has 0 unspecified atom stereocenters. The van der Waals surface area contributed by atoms with Crippen molar-refractivity contribution in [2.75, 3.05) is 5.73 Å². The van der Waals surface area contributed by atoms with Gasteiger partial charge in [0, 0.05) is 11.1 Å². The van der Waals surface area contributed by atoms with E-state index in [2.05, 4.69) is 34.5 Å². The van der Waals surface area contributed by atoms with Crippen molar-refractivity contribution >= 4 is 11.4 Å². The lowest BCUT2D eigenvalue weighted by Gasteiger charge is -1.98. The molecule has 2 N–H and O–H groups in total. The van der Waals surface area contributed by atoms with Gasteiger partial charge in [-0.25, -0.2) is 0 Å². The summed E-state index contributed by atoms with van der Waals surface area (Å²) in [5.41, 5.74) is 12.1. The molecule has 3 heteroatoms. The minimum atomic E-state index is 0.610. The highest BCUT2D eigenvalue weighted by Gasteiger charge is 2.23. The number of hydrogen-bond acceptors (Lipinski definition) is 3. The van der Waals surface area contributed by atoms with Crippen LogP contribution >= 0.6 is 0 Å². The molecule has 0 heterocycles. The molecule has 1 aliphatic rings. The van der Waals surface area contributed by atoms with Crippen LogP contribution in [-0.4, -0.2) is 5.71 Å². The minimum absolute atomic E-state index is 0.610. The van der Waals surface area contributed by atoms with E-state index in [9.17, 15) is 0 Å². The molecule has 0 bridgehead atoms. The minimum Gasteiger partial charge on any atom is -0.397 e. The van der Waals surface area contributed by atoms with Crippen LogP contribution in [0.1, 0.15) is 11.1 Å². The maximum Gasteiger partial charge on any atom is 0.109 e. The topological polar surface area (TPSA) is 50.7 Å². The molecule has 1 aliphatic carbocycles. The summed E-state index contributed by atoms with van der Waals surface area (Å²) in [7, 11) is 0. The fraction of sp³-hybridized carbons (Fsp3) is 0. The second-order valence-corrected chi connectivity index (χ2v) is 5.39. The molecule has 3 nitrogen and oxygen atoms in total. The van der Waals surface area contributed by atoms with Crippen LogP contribution in [0.2, 0.25) is 0 Å². The van der Waals surface area contributed by atoms with Crippen molar-refractivity contribution in [3.05, 3.63) is 95.3 Å². The molecule has 23 heavy (non-hydrogen) atoms. The van der Waals surface area contributed by atoms with E-state index < -0.39 is 0 Å². The molecular weight excluding hydrogens is 282 g/mol. The summed E-state index contributed by atoms with van der Waals surface area (Å²) in [6, 6.07) is 26.0. The van der Waals surface area contributed by atoms with E-state index in [0.29, 0.717) is 11.0 Å². The van der Waals surface area contributed by atoms with Gasteiger partial charge in [-0.1, -0.05) is 66.7 Å². The zero-order chi connectivity index (χ0) is 15.6. The van der Waals surface area contributed by atoms with Crippen molar-refractivity contribution < 1.29 is 0 Å². The average Bonchev–Trinajstić information content (AvgIpc) is 2.76. The molecule has 0 fully saturated rings. The molecule has 110 valence electrons. The number of benzene rings is 2. The molecule has 0 atom stereocenters. The Hall–Kier alpha value is -3.20. The van der Waals surface area contributed by atoms with Crippen molar-refractivity contribution in [2.24, 2.45) is 10.2 Å². The quantitative estimate of drug-likeness (QED) is 0.536. The lowest BCUT2D eigenvalue weighted by Crippen LogP contribution is -2.06. The van der Waals surface area contributed by atoms with Gasteiger partial charge in [-0.05, 0) is 23.3 Å². The highest BCUT2D eigenvalue weighted by Crippen LogP contribution is 2.36. The highest BCUT2D eigenvalue weighted by molar-refractivity contribution is 6.24. The van der Waals surface area contributed by atoms with Crippen molar-refractivity contribution in [3.8, 4) is 11.1 Å². The number of nitrogens with two attached hydrogens (primary N) is 1. The zero-order valence-corrected chi connectivity index (χ0v) is 12.5. The van der Waals surface area contributed by atoms with E-state index in [1.807, 2.05) is 54.6 Å². The van der Waals surface area contributed by atoms with Gasteiger partial charge in [-0.15, -0.1) is 10.2 Å². The maximum atomic E-state index is 6.01. The third-order valence-corrected chi connectivity index (χ3v) is 3.96. The van der Waals surface area contributed by atoms with E-state index in [0.717, 1.165) is 16.8 Å². The Balaban J connectivity index is 1.95. The predicted octanol–water partition coefficient (Wildman–Crippen LogP) is 3.60. The lowest BCUT2D eigenvalue weighted by molar-refractivity contribution is 1.14. The van der Waals surface area contributed by atoms with Crippen LogP contribution in [0.3, 0.4) is 0 Å². The fourth-order valence-electron chi connectivity index (χ4n) is 2.85. The third-order valence-electron chi connectivity index (χ3n) is 3.96. The number of nitrogens with zero attached hydrogens (tertiary/aromatic N) is 2. The largest absolute Gasteiger partial charge is 0.397 e. The molecule has 0 aliphatic heterocycles. The zero-order valence-electron chi connectivity index (χ0n) is 12.5. The summed E-state index contributed by atoms with van der Waals surface area (Å²) in [6.45, 7) is 0. The summed E-state index contributed by atoms with van der Waals surface area (Å²) in [5, 5.41) is 9.59. The standard InChI is InChI=1S/C20H15N3/c21-18-12-2-1-3-13-19(18)22-23-20-16-10-6-4-8-14(16)15-9-5-7-11-17(15)20/h1-13H,(H2,21,22). The number of rotatable bonds is 1. The molecule has 4 rings (SSSR count). The molecule has 0 aromatic heterocycles.